The highest BCUT2D eigenvalue weighted by atomic mass is 32.1. The fraction of sp³-hybridized carbons (Fsp3) is 0.429. The van der Waals surface area contributed by atoms with Crippen molar-refractivity contribution in [2.45, 2.75) is 46.8 Å². The monoisotopic (exact) mass is 372 g/mol. The van der Waals surface area contributed by atoms with Crippen LogP contribution in [0.2, 0.25) is 0 Å². The van der Waals surface area contributed by atoms with Gasteiger partial charge in [-0.05, 0) is 17.5 Å². The molecule has 1 amide bonds. The number of hydrogen-bond donors (Lipinski definition) is 0. The highest BCUT2D eigenvalue weighted by Gasteiger charge is 2.17. The lowest BCUT2D eigenvalue weighted by molar-refractivity contribution is -0.134. The Kier molecular flexibility index (Phi) is 7.39. The molecule has 1 heterocycles. The molecule has 0 saturated carbocycles. The number of hydrogen-bond acceptors (Lipinski definition) is 4. The van der Waals surface area contributed by atoms with Crippen molar-refractivity contribution in [2.75, 3.05) is 6.54 Å². The zero-order valence-corrected chi connectivity index (χ0v) is 16.9. The van der Waals surface area contributed by atoms with Crippen LogP contribution >= 0.6 is 11.3 Å². The highest BCUT2D eigenvalue weighted by molar-refractivity contribution is 7.09. The Morgan fingerprint density at radius 1 is 1.31 bits per heavy atom. The molecule has 0 atom stereocenters. The largest absolute Gasteiger partial charge is 0.486 e. The third-order valence-corrected chi connectivity index (χ3v) is 4.87. The standard InChI is InChI=1S/C21H28N2O2S/c1-6-11-23(21(24)16(4)5)12-17-14-26-20(22-17)13-25-19-10-8-7-9-18(19)15(2)3/h6-10,14-16H,1,11-13H2,2-5H3. The van der Waals surface area contributed by atoms with E-state index in [-0.39, 0.29) is 11.8 Å². The fourth-order valence-electron chi connectivity index (χ4n) is 2.67. The summed E-state index contributed by atoms with van der Waals surface area (Å²) in [6.07, 6.45) is 1.75. The zero-order chi connectivity index (χ0) is 19.1. The molecule has 5 heteroatoms. The Hall–Kier alpha value is -2.14. The third-order valence-electron chi connectivity index (χ3n) is 4.00. The first kappa shape index (κ1) is 20.2. The zero-order valence-electron chi connectivity index (χ0n) is 16.1. The van der Waals surface area contributed by atoms with Crippen LogP contribution in [0.25, 0.3) is 0 Å². The molecule has 0 aliphatic carbocycles. The van der Waals surface area contributed by atoms with Crippen LogP contribution in [0.5, 0.6) is 5.75 Å². The maximum absolute atomic E-state index is 12.3. The number of ether oxygens (including phenoxy) is 1. The van der Waals surface area contributed by atoms with Crippen LogP contribution in [0, 0.1) is 5.92 Å². The quantitative estimate of drug-likeness (QED) is 0.581. The molecular formula is C21H28N2O2S. The van der Waals surface area contributed by atoms with Gasteiger partial charge >= 0.3 is 0 Å². The van der Waals surface area contributed by atoms with Gasteiger partial charge < -0.3 is 9.64 Å². The molecule has 0 N–H and O–H groups in total. The Balaban J connectivity index is 2.01. The maximum atomic E-state index is 12.3. The smallest absolute Gasteiger partial charge is 0.225 e. The Morgan fingerprint density at radius 2 is 2.04 bits per heavy atom. The first-order valence-corrected chi connectivity index (χ1v) is 9.85. The minimum atomic E-state index is -0.0380. The number of amides is 1. The Morgan fingerprint density at radius 3 is 2.69 bits per heavy atom. The van der Waals surface area contributed by atoms with Gasteiger partial charge in [0.05, 0.1) is 12.2 Å². The van der Waals surface area contributed by atoms with Crippen LogP contribution in [-0.4, -0.2) is 22.3 Å². The number of nitrogens with zero attached hydrogens (tertiary/aromatic N) is 2. The number of aromatic nitrogens is 1. The summed E-state index contributed by atoms with van der Waals surface area (Å²) in [6.45, 7) is 13.3. The summed E-state index contributed by atoms with van der Waals surface area (Å²) in [6, 6.07) is 8.11. The Bertz CT molecular complexity index is 737. The van der Waals surface area contributed by atoms with E-state index in [1.165, 1.54) is 5.56 Å². The van der Waals surface area contributed by atoms with Crippen molar-refractivity contribution in [1.29, 1.82) is 0 Å². The van der Waals surface area contributed by atoms with Crippen LogP contribution in [0.15, 0.2) is 42.3 Å². The summed E-state index contributed by atoms with van der Waals surface area (Å²) in [4.78, 5) is 18.7. The molecule has 1 aromatic carbocycles. The van der Waals surface area contributed by atoms with Gasteiger partial charge in [0.2, 0.25) is 5.91 Å². The second kappa shape index (κ2) is 9.53. The van der Waals surface area contributed by atoms with Crippen molar-refractivity contribution < 1.29 is 9.53 Å². The maximum Gasteiger partial charge on any atom is 0.225 e. The second-order valence-corrected chi connectivity index (χ2v) is 7.82. The number of carbonyl (C=O) groups excluding carboxylic acids is 1. The number of carbonyl (C=O) groups is 1. The van der Waals surface area contributed by atoms with Crippen molar-refractivity contribution >= 4 is 17.2 Å². The molecule has 0 radical (unpaired) electrons. The predicted octanol–water partition coefficient (Wildman–Crippen LogP) is 5.02. The van der Waals surface area contributed by atoms with Gasteiger partial charge in [0, 0.05) is 17.8 Å². The summed E-state index contributed by atoms with van der Waals surface area (Å²) in [5.41, 5.74) is 2.09. The molecule has 0 saturated heterocycles. The van der Waals surface area contributed by atoms with Crippen molar-refractivity contribution in [2.24, 2.45) is 5.92 Å². The number of rotatable bonds is 9. The minimum absolute atomic E-state index is 0.0380. The van der Waals surface area contributed by atoms with Crippen molar-refractivity contribution in [1.82, 2.24) is 9.88 Å². The average Bonchev–Trinajstić information content (AvgIpc) is 3.06. The summed E-state index contributed by atoms with van der Waals surface area (Å²) < 4.78 is 5.99. The van der Waals surface area contributed by atoms with E-state index in [4.69, 9.17) is 4.74 Å². The van der Waals surface area contributed by atoms with Gasteiger partial charge in [0.1, 0.15) is 17.4 Å². The van der Waals surface area contributed by atoms with Gasteiger partial charge in [-0.1, -0.05) is 52.0 Å². The summed E-state index contributed by atoms with van der Waals surface area (Å²) in [5.74, 6) is 1.39. The molecule has 140 valence electrons. The molecule has 4 nitrogen and oxygen atoms in total. The molecule has 1 aromatic heterocycles. The average molecular weight is 373 g/mol. The van der Waals surface area contributed by atoms with Crippen LogP contribution in [0.4, 0.5) is 0 Å². The predicted molar refractivity (Wildman–Crippen MR) is 107 cm³/mol. The number of para-hydroxylation sites is 1. The molecule has 0 aliphatic rings. The van der Waals surface area contributed by atoms with Gasteiger partial charge in [-0.15, -0.1) is 17.9 Å². The summed E-state index contributed by atoms with van der Waals surface area (Å²) in [7, 11) is 0. The van der Waals surface area contributed by atoms with Gasteiger partial charge in [-0.2, -0.15) is 0 Å². The van der Waals surface area contributed by atoms with E-state index in [0.29, 0.717) is 25.6 Å². The molecular weight excluding hydrogens is 344 g/mol. The van der Waals surface area contributed by atoms with E-state index in [0.717, 1.165) is 16.5 Å². The van der Waals surface area contributed by atoms with E-state index in [2.05, 4.69) is 31.5 Å². The lowest BCUT2D eigenvalue weighted by Crippen LogP contribution is -2.34. The van der Waals surface area contributed by atoms with Crippen LogP contribution in [0.3, 0.4) is 0 Å². The summed E-state index contributed by atoms with van der Waals surface area (Å²) in [5, 5.41) is 2.91. The minimum Gasteiger partial charge on any atom is -0.486 e. The Labute approximate surface area is 160 Å². The van der Waals surface area contributed by atoms with Crippen molar-refractivity contribution in [3.8, 4) is 5.75 Å². The lowest BCUT2D eigenvalue weighted by atomic mass is 10.0. The first-order valence-electron chi connectivity index (χ1n) is 8.97. The van der Waals surface area contributed by atoms with Gasteiger partial charge in [-0.3, -0.25) is 4.79 Å². The molecule has 0 unspecified atom stereocenters. The van der Waals surface area contributed by atoms with E-state index in [9.17, 15) is 4.79 Å². The topological polar surface area (TPSA) is 42.4 Å². The SMILES string of the molecule is C=CCN(Cc1csc(COc2ccccc2C(C)C)n1)C(=O)C(C)C. The van der Waals surface area contributed by atoms with Gasteiger partial charge in [-0.25, -0.2) is 4.98 Å². The second-order valence-electron chi connectivity index (χ2n) is 6.88. The van der Waals surface area contributed by atoms with Crippen molar-refractivity contribution in [3.63, 3.8) is 0 Å². The van der Waals surface area contributed by atoms with E-state index >= 15 is 0 Å². The highest BCUT2D eigenvalue weighted by Crippen LogP contribution is 2.27. The van der Waals surface area contributed by atoms with Crippen LogP contribution in [-0.2, 0) is 17.9 Å². The molecule has 0 spiro atoms. The number of benzene rings is 1. The molecule has 2 aromatic rings. The van der Waals surface area contributed by atoms with E-state index < -0.39 is 0 Å². The van der Waals surface area contributed by atoms with Crippen LogP contribution in [0.1, 0.15) is 49.9 Å². The molecule has 26 heavy (non-hydrogen) atoms. The lowest BCUT2D eigenvalue weighted by Gasteiger charge is -2.22. The normalized spacial score (nSPS) is 11.0. The molecule has 0 aliphatic heterocycles. The van der Waals surface area contributed by atoms with Gasteiger partial charge in [0.25, 0.3) is 0 Å². The van der Waals surface area contributed by atoms with Crippen LogP contribution < -0.4 is 4.74 Å². The molecule has 0 fully saturated rings. The van der Waals surface area contributed by atoms with E-state index in [1.54, 1.807) is 22.3 Å². The number of thiazole rings is 1. The first-order chi connectivity index (χ1) is 12.4. The van der Waals surface area contributed by atoms with E-state index in [1.807, 2.05) is 37.4 Å². The summed E-state index contributed by atoms with van der Waals surface area (Å²) >= 11 is 1.56. The fourth-order valence-corrected chi connectivity index (χ4v) is 3.36. The third kappa shape index (κ3) is 5.43. The molecule has 0 bridgehead atoms. The molecule has 2 rings (SSSR count). The van der Waals surface area contributed by atoms with Gasteiger partial charge in [0.15, 0.2) is 0 Å². The van der Waals surface area contributed by atoms with Crippen molar-refractivity contribution in [3.05, 3.63) is 58.6 Å².